The second-order valence-electron chi connectivity index (χ2n) is 9.60. The van der Waals surface area contributed by atoms with Crippen molar-refractivity contribution in [2.75, 3.05) is 0 Å². The summed E-state index contributed by atoms with van der Waals surface area (Å²) in [5.74, 6) is 0.884. The zero-order valence-electron chi connectivity index (χ0n) is 15.1. The Kier molecular flexibility index (Phi) is 3.71. The molecule has 1 aliphatic carbocycles. The maximum Gasteiger partial charge on any atom is 0.192 e. The smallest absolute Gasteiger partial charge is 0.192 e. The highest BCUT2D eigenvalue weighted by molar-refractivity contribution is 6.74. The lowest BCUT2D eigenvalue weighted by molar-refractivity contribution is -0.195. The van der Waals surface area contributed by atoms with Gasteiger partial charge in [0.1, 0.15) is 11.4 Å². The van der Waals surface area contributed by atoms with Crippen molar-refractivity contribution in [1.29, 1.82) is 0 Å². The first-order valence-electron chi connectivity index (χ1n) is 8.87. The summed E-state index contributed by atoms with van der Waals surface area (Å²) in [5, 5.41) is 0.192. The van der Waals surface area contributed by atoms with Gasteiger partial charge in [0, 0.05) is 12.8 Å². The number of fused-ring (bicyclic) bond motifs is 1. The monoisotopic (exact) mass is 324 g/mol. The third kappa shape index (κ3) is 2.51. The van der Waals surface area contributed by atoms with Crippen LogP contribution in [0, 0.1) is 5.92 Å². The van der Waals surface area contributed by atoms with E-state index in [1.165, 1.54) is 12.8 Å². The standard InChI is InChI=1S/C18H32O3Si/c1-16(2,3)22(5,6)20-15-9-7-8-13-10-17(4)11-14(19)12-18(13,15)21-17/h13,15H,7-12H2,1-6H3/t13?,15?,17-,18-/m0/s1. The van der Waals surface area contributed by atoms with Crippen molar-refractivity contribution in [2.24, 2.45) is 5.92 Å². The van der Waals surface area contributed by atoms with Gasteiger partial charge < -0.3 is 9.16 Å². The zero-order valence-corrected chi connectivity index (χ0v) is 16.1. The summed E-state index contributed by atoms with van der Waals surface area (Å²) < 4.78 is 13.4. The third-order valence-electron chi connectivity index (χ3n) is 6.66. The number of ketones is 1. The highest BCUT2D eigenvalue weighted by Gasteiger charge is 2.64. The summed E-state index contributed by atoms with van der Waals surface area (Å²) in [7, 11) is -1.85. The van der Waals surface area contributed by atoms with Crippen molar-refractivity contribution in [2.45, 2.75) is 102 Å². The van der Waals surface area contributed by atoms with Gasteiger partial charge in [0.2, 0.25) is 0 Å². The molecule has 3 fully saturated rings. The molecule has 0 aromatic rings. The average Bonchev–Trinajstić information content (AvgIpc) is 2.54. The second-order valence-corrected chi connectivity index (χ2v) is 14.4. The number of hydrogen-bond donors (Lipinski definition) is 0. The lowest BCUT2D eigenvalue weighted by Gasteiger charge is -2.51. The molecule has 2 bridgehead atoms. The molecule has 0 amide bonds. The van der Waals surface area contributed by atoms with Crippen molar-refractivity contribution < 1.29 is 14.0 Å². The van der Waals surface area contributed by atoms with Gasteiger partial charge >= 0.3 is 0 Å². The largest absolute Gasteiger partial charge is 0.411 e. The average molecular weight is 325 g/mol. The molecule has 2 aliphatic heterocycles. The lowest BCUT2D eigenvalue weighted by atomic mass is 9.71. The van der Waals surface area contributed by atoms with Crippen LogP contribution in [-0.4, -0.2) is 31.4 Å². The summed E-state index contributed by atoms with van der Waals surface area (Å²) in [6.07, 6.45) is 5.77. The van der Waals surface area contributed by atoms with E-state index in [9.17, 15) is 4.79 Å². The van der Waals surface area contributed by atoms with Crippen molar-refractivity contribution >= 4 is 14.1 Å². The van der Waals surface area contributed by atoms with Gasteiger partial charge in [0.05, 0.1) is 11.7 Å². The minimum atomic E-state index is -1.85. The molecule has 4 atom stereocenters. The van der Waals surface area contributed by atoms with Crippen molar-refractivity contribution in [1.82, 2.24) is 0 Å². The van der Waals surface area contributed by atoms with E-state index >= 15 is 0 Å². The molecule has 22 heavy (non-hydrogen) atoms. The fourth-order valence-electron chi connectivity index (χ4n) is 4.63. The highest BCUT2D eigenvalue weighted by atomic mass is 28.4. The first-order valence-corrected chi connectivity index (χ1v) is 11.8. The Bertz CT molecular complexity index is 481. The van der Waals surface area contributed by atoms with E-state index in [1.54, 1.807) is 0 Å². The van der Waals surface area contributed by atoms with E-state index in [0.717, 1.165) is 12.8 Å². The van der Waals surface area contributed by atoms with Crippen LogP contribution >= 0.6 is 0 Å². The molecule has 2 heterocycles. The van der Waals surface area contributed by atoms with Crippen LogP contribution in [0.25, 0.3) is 0 Å². The molecule has 0 radical (unpaired) electrons. The minimum absolute atomic E-state index is 0.109. The van der Waals surface area contributed by atoms with Gasteiger partial charge in [0.15, 0.2) is 8.32 Å². The first-order chi connectivity index (χ1) is 9.98. The Hall–Kier alpha value is -0.193. The van der Waals surface area contributed by atoms with Gasteiger partial charge in [-0.05, 0) is 50.2 Å². The second kappa shape index (κ2) is 4.90. The van der Waals surface area contributed by atoms with E-state index < -0.39 is 8.32 Å². The molecule has 1 spiro atoms. The van der Waals surface area contributed by atoms with Crippen LogP contribution in [0.4, 0.5) is 0 Å². The van der Waals surface area contributed by atoms with Crippen LogP contribution in [0.1, 0.15) is 66.2 Å². The maximum absolute atomic E-state index is 12.4. The molecular formula is C18H32O3Si. The van der Waals surface area contributed by atoms with Crippen LogP contribution in [0.3, 0.4) is 0 Å². The lowest BCUT2D eigenvalue weighted by Crippen LogP contribution is -2.59. The molecule has 1 saturated carbocycles. The van der Waals surface area contributed by atoms with Gasteiger partial charge in [-0.1, -0.05) is 27.2 Å². The molecule has 2 unspecified atom stereocenters. The molecule has 0 aromatic heterocycles. The Morgan fingerprint density at radius 1 is 1.23 bits per heavy atom. The quantitative estimate of drug-likeness (QED) is 0.704. The van der Waals surface area contributed by atoms with E-state index in [1.807, 2.05) is 0 Å². The summed E-state index contributed by atoms with van der Waals surface area (Å²) in [5.41, 5.74) is -0.558. The van der Waals surface area contributed by atoms with E-state index in [-0.39, 0.29) is 22.3 Å². The fourth-order valence-corrected chi connectivity index (χ4v) is 6.01. The minimum Gasteiger partial charge on any atom is -0.411 e. The molecule has 3 nitrogen and oxygen atoms in total. The van der Waals surface area contributed by atoms with Crippen LogP contribution in [0.15, 0.2) is 0 Å². The molecule has 3 rings (SSSR count). The van der Waals surface area contributed by atoms with Crippen molar-refractivity contribution in [3.05, 3.63) is 0 Å². The van der Waals surface area contributed by atoms with E-state index in [0.29, 0.717) is 24.5 Å². The number of carbonyl (C=O) groups is 1. The Labute approximate surface area is 136 Å². The predicted octanol–water partition coefficient (Wildman–Crippen LogP) is 4.46. The van der Waals surface area contributed by atoms with Crippen molar-refractivity contribution in [3.63, 3.8) is 0 Å². The zero-order chi connectivity index (χ0) is 16.4. The van der Waals surface area contributed by atoms with E-state index in [2.05, 4.69) is 40.8 Å². The fraction of sp³-hybridized carbons (Fsp3) is 0.944. The normalized spacial score (nSPS) is 42.4. The topological polar surface area (TPSA) is 35.5 Å². The summed E-state index contributed by atoms with van der Waals surface area (Å²) in [4.78, 5) is 12.4. The maximum atomic E-state index is 12.4. The van der Waals surface area contributed by atoms with Gasteiger partial charge in [-0.25, -0.2) is 0 Å². The SMILES string of the molecule is CC(C)(C)[Si](C)(C)OC1CCCC2C[C@@]3(C)CC(=O)C[C@]21O3. The molecule has 2 saturated heterocycles. The summed E-state index contributed by atoms with van der Waals surface area (Å²) in [6.45, 7) is 13.6. The van der Waals surface area contributed by atoms with Crippen LogP contribution in [0.2, 0.25) is 18.1 Å². The van der Waals surface area contributed by atoms with Gasteiger partial charge in [-0.15, -0.1) is 0 Å². The molecular weight excluding hydrogens is 292 g/mol. The van der Waals surface area contributed by atoms with E-state index in [4.69, 9.17) is 9.16 Å². The molecule has 126 valence electrons. The Balaban J connectivity index is 1.90. The highest BCUT2D eigenvalue weighted by Crippen LogP contribution is 2.57. The first kappa shape index (κ1) is 16.7. The van der Waals surface area contributed by atoms with Crippen LogP contribution < -0.4 is 0 Å². The van der Waals surface area contributed by atoms with Gasteiger partial charge in [-0.2, -0.15) is 0 Å². The van der Waals surface area contributed by atoms with Gasteiger partial charge in [-0.3, -0.25) is 4.79 Å². The Morgan fingerprint density at radius 2 is 1.91 bits per heavy atom. The number of hydrogen-bond acceptors (Lipinski definition) is 3. The molecule has 4 heteroatoms. The third-order valence-corrected chi connectivity index (χ3v) is 11.1. The van der Waals surface area contributed by atoms with Gasteiger partial charge in [0.25, 0.3) is 0 Å². The van der Waals surface area contributed by atoms with Crippen LogP contribution in [0.5, 0.6) is 0 Å². The number of ether oxygens (including phenoxy) is 1. The molecule has 0 N–H and O–H groups in total. The molecule has 3 aliphatic rings. The summed E-state index contributed by atoms with van der Waals surface area (Å²) in [6, 6.07) is 0. The van der Waals surface area contributed by atoms with Crippen LogP contribution in [-0.2, 0) is 14.0 Å². The number of Topliss-reactive ketones (excluding diaryl/α,β-unsaturated/α-hetero) is 1. The van der Waals surface area contributed by atoms with Crippen molar-refractivity contribution in [3.8, 4) is 0 Å². The number of carbonyl (C=O) groups excluding carboxylic acids is 1. The molecule has 0 aromatic carbocycles. The predicted molar refractivity (Wildman–Crippen MR) is 90.5 cm³/mol. The number of rotatable bonds is 2. The Morgan fingerprint density at radius 3 is 2.55 bits per heavy atom. The summed E-state index contributed by atoms with van der Waals surface area (Å²) >= 11 is 0.